The van der Waals surface area contributed by atoms with Crippen LogP contribution < -0.4 is 10.6 Å². The van der Waals surface area contributed by atoms with Gasteiger partial charge in [-0.2, -0.15) is 0 Å². The molecule has 1 heterocycles. The minimum atomic E-state index is -0.314. The van der Waals surface area contributed by atoms with E-state index in [1.54, 1.807) is 0 Å². The van der Waals surface area contributed by atoms with E-state index in [1.165, 1.54) is 0 Å². The van der Waals surface area contributed by atoms with Crippen LogP contribution in [0, 0.1) is 0 Å². The smallest absolute Gasteiger partial charge is 0.251 e. The Balaban J connectivity index is 1.98. The number of nitrogens with one attached hydrogen (secondary N) is 2. The average Bonchev–Trinajstić information content (AvgIpc) is 2.39. The van der Waals surface area contributed by atoms with Crippen LogP contribution >= 0.6 is 0 Å². The first-order chi connectivity index (χ1) is 8.34. The van der Waals surface area contributed by atoms with Gasteiger partial charge < -0.3 is 10.6 Å². The topological polar surface area (TPSA) is 41.1 Å². The van der Waals surface area contributed by atoms with Gasteiger partial charge in [0.25, 0.3) is 5.91 Å². The van der Waals surface area contributed by atoms with E-state index >= 15 is 0 Å². The lowest BCUT2D eigenvalue weighted by Crippen LogP contribution is -2.31. The lowest BCUT2D eigenvalue weighted by Gasteiger charge is -2.26. The molecule has 0 spiro atoms. The highest BCUT2D eigenvalue weighted by Gasteiger charge is 2.25. The van der Waals surface area contributed by atoms with Crippen LogP contribution in [0.5, 0.6) is 0 Å². The molecule has 0 unspecified atom stereocenters. The Kier molecular flexibility index (Phi) is 2.29. The first kappa shape index (κ1) is 9.90. The fourth-order valence-electron chi connectivity index (χ4n) is 2.02. The summed E-state index contributed by atoms with van der Waals surface area (Å²) < 4.78 is 0. The zero-order chi connectivity index (χ0) is 11.7. The third-order valence-corrected chi connectivity index (χ3v) is 2.88. The highest BCUT2D eigenvalue weighted by atomic mass is 16.2. The molecule has 1 atom stereocenters. The molecule has 0 aromatic heterocycles. The van der Waals surface area contributed by atoms with Crippen molar-refractivity contribution in [3.63, 3.8) is 0 Å². The van der Waals surface area contributed by atoms with Crippen LogP contribution in [0.25, 0.3) is 0 Å². The highest BCUT2D eigenvalue weighted by molar-refractivity contribution is 6.03. The van der Waals surface area contributed by atoms with Crippen LogP contribution in [0.15, 0.2) is 54.6 Å². The normalized spacial score (nSPS) is 17.9. The van der Waals surface area contributed by atoms with Crippen molar-refractivity contribution in [2.24, 2.45) is 0 Å². The van der Waals surface area contributed by atoms with Gasteiger partial charge in [-0.25, -0.2) is 0 Å². The Morgan fingerprint density at radius 3 is 2.24 bits per heavy atom. The molecule has 2 aromatic rings. The summed E-state index contributed by atoms with van der Waals surface area (Å²) in [4.78, 5) is 12.0. The first-order valence-corrected chi connectivity index (χ1v) is 5.56. The molecular formula is C14H12N2O. The SMILES string of the molecule is O=C1Nc2ccccc2N[C@H]1c1ccccc1. The van der Waals surface area contributed by atoms with Gasteiger partial charge in [-0.3, -0.25) is 4.79 Å². The molecule has 17 heavy (non-hydrogen) atoms. The molecule has 0 saturated carbocycles. The van der Waals surface area contributed by atoms with Crippen molar-refractivity contribution in [3.05, 3.63) is 60.2 Å². The van der Waals surface area contributed by atoms with Gasteiger partial charge in [-0.1, -0.05) is 42.5 Å². The molecule has 3 nitrogen and oxygen atoms in total. The molecule has 3 heteroatoms. The molecule has 3 rings (SSSR count). The molecule has 0 aliphatic carbocycles. The van der Waals surface area contributed by atoms with E-state index in [2.05, 4.69) is 10.6 Å². The van der Waals surface area contributed by atoms with E-state index in [0.29, 0.717) is 0 Å². The molecule has 0 saturated heterocycles. The fraction of sp³-hybridized carbons (Fsp3) is 0.0714. The van der Waals surface area contributed by atoms with Crippen molar-refractivity contribution in [1.82, 2.24) is 0 Å². The van der Waals surface area contributed by atoms with Gasteiger partial charge in [0.2, 0.25) is 0 Å². The largest absolute Gasteiger partial charge is 0.368 e. The number of fused-ring (bicyclic) bond motifs is 1. The second-order valence-electron chi connectivity index (χ2n) is 4.02. The fourth-order valence-corrected chi connectivity index (χ4v) is 2.02. The third-order valence-electron chi connectivity index (χ3n) is 2.88. The molecule has 1 aliphatic heterocycles. The van der Waals surface area contributed by atoms with Gasteiger partial charge in [0.05, 0.1) is 11.4 Å². The van der Waals surface area contributed by atoms with Crippen LogP contribution in [0.2, 0.25) is 0 Å². The summed E-state index contributed by atoms with van der Waals surface area (Å²) in [5.41, 5.74) is 2.77. The second-order valence-corrected chi connectivity index (χ2v) is 4.02. The summed E-state index contributed by atoms with van der Waals surface area (Å²) in [6.07, 6.45) is 0. The summed E-state index contributed by atoms with van der Waals surface area (Å²) in [5, 5.41) is 6.16. The number of amides is 1. The maximum Gasteiger partial charge on any atom is 0.251 e. The molecular weight excluding hydrogens is 212 g/mol. The molecule has 0 fully saturated rings. The number of benzene rings is 2. The Bertz CT molecular complexity index is 551. The van der Waals surface area contributed by atoms with Crippen molar-refractivity contribution in [2.45, 2.75) is 6.04 Å². The maximum atomic E-state index is 12.0. The number of hydrogen-bond acceptors (Lipinski definition) is 2. The van der Waals surface area contributed by atoms with E-state index in [-0.39, 0.29) is 11.9 Å². The summed E-state index contributed by atoms with van der Waals surface area (Å²) in [5.74, 6) is -0.0186. The monoisotopic (exact) mass is 224 g/mol. The Morgan fingerprint density at radius 1 is 0.824 bits per heavy atom. The Labute approximate surface area is 99.5 Å². The summed E-state index contributed by atoms with van der Waals surface area (Å²) in [7, 11) is 0. The van der Waals surface area contributed by atoms with Gasteiger partial charge in [-0.15, -0.1) is 0 Å². The second kappa shape index (κ2) is 3.94. The van der Waals surface area contributed by atoms with Crippen LogP contribution in [-0.4, -0.2) is 5.91 Å². The molecule has 2 N–H and O–H groups in total. The number of para-hydroxylation sites is 2. The summed E-state index contributed by atoms with van der Waals surface area (Å²) >= 11 is 0. The molecule has 0 bridgehead atoms. The quantitative estimate of drug-likeness (QED) is 0.782. The van der Waals surface area contributed by atoms with Crippen molar-refractivity contribution in [2.75, 3.05) is 10.6 Å². The lowest BCUT2D eigenvalue weighted by atomic mass is 10.0. The number of carbonyl (C=O) groups excluding carboxylic acids is 1. The standard InChI is InChI=1S/C14H12N2O/c17-14-13(10-6-2-1-3-7-10)15-11-8-4-5-9-12(11)16-14/h1-9,13,15H,(H,16,17)/t13-/m0/s1. The molecule has 0 radical (unpaired) electrons. The van der Waals surface area contributed by atoms with Crippen LogP contribution in [0.4, 0.5) is 11.4 Å². The van der Waals surface area contributed by atoms with Gasteiger partial charge in [0, 0.05) is 0 Å². The van der Waals surface area contributed by atoms with Gasteiger partial charge in [0.15, 0.2) is 0 Å². The summed E-state index contributed by atoms with van der Waals surface area (Å²) in [6, 6.07) is 17.1. The Morgan fingerprint density at radius 2 is 1.47 bits per heavy atom. The molecule has 2 aromatic carbocycles. The minimum absolute atomic E-state index is 0.0186. The number of rotatable bonds is 1. The highest BCUT2D eigenvalue weighted by Crippen LogP contribution is 2.31. The van der Waals surface area contributed by atoms with Crippen molar-refractivity contribution >= 4 is 17.3 Å². The van der Waals surface area contributed by atoms with Crippen LogP contribution in [0.3, 0.4) is 0 Å². The summed E-state index contributed by atoms with van der Waals surface area (Å²) in [6.45, 7) is 0. The van der Waals surface area contributed by atoms with E-state index in [9.17, 15) is 4.79 Å². The van der Waals surface area contributed by atoms with E-state index < -0.39 is 0 Å². The van der Waals surface area contributed by atoms with E-state index in [0.717, 1.165) is 16.9 Å². The molecule has 84 valence electrons. The molecule has 1 amide bonds. The zero-order valence-corrected chi connectivity index (χ0v) is 9.18. The predicted molar refractivity (Wildman–Crippen MR) is 67.9 cm³/mol. The van der Waals surface area contributed by atoms with Crippen molar-refractivity contribution < 1.29 is 4.79 Å². The maximum absolute atomic E-state index is 12.0. The van der Waals surface area contributed by atoms with Crippen molar-refractivity contribution in [1.29, 1.82) is 0 Å². The van der Waals surface area contributed by atoms with Crippen LogP contribution in [0.1, 0.15) is 11.6 Å². The number of hydrogen-bond donors (Lipinski definition) is 2. The van der Waals surface area contributed by atoms with E-state index in [1.807, 2.05) is 54.6 Å². The third kappa shape index (κ3) is 1.76. The Hall–Kier alpha value is -2.29. The van der Waals surface area contributed by atoms with Crippen LogP contribution in [-0.2, 0) is 4.79 Å². The predicted octanol–water partition coefficient (Wildman–Crippen LogP) is 2.79. The van der Waals surface area contributed by atoms with Gasteiger partial charge >= 0.3 is 0 Å². The first-order valence-electron chi connectivity index (χ1n) is 5.56. The molecule has 1 aliphatic rings. The number of anilines is 2. The minimum Gasteiger partial charge on any atom is -0.368 e. The van der Waals surface area contributed by atoms with Gasteiger partial charge in [-0.05, 0) is 17.7 Å². The average molecular weight is 224 g/mol. The zero-order valence-electron chi connectivity index (χ0n) is 9.18. The lowest BCUT2D eigenvalue weighted by molar-refractivity contribution is -0.117. The number of carbonyl (C=O) groups is 1. The van der Waals surface area contributed by atoms with Crippen molar-refractivity contribution in [3.8, 4) is 0 Å². The van der Waals surface area contributed by atoms with Gasteiger partial charge in [0.1, 0.15) is 6.04 Å². The van der Waals surface area contributed by atoms with E-state index in [4.69, 9.17) is 0 Å².